The third-order valence-electron chi connectivity index (χ3n) is 4.45. The van der Waals surface area contributed by atoms with Crippen molar-refractivity contribution in [1.82, 2.24) is 4.68 Å². The molecular weight excluding hydrogens is 368 g/mol. The topological polar surface area (TPSA) is 35.1 Å². The predicted octanol–water partition coefficient (Wildman–Crippen LogP) is 4.55. The number of hydrogen-bond donors (Lipinski definition) is 0. The quantitative estimate of drug-likeness (QED) is 0.556. The van der Waals surface area contributed by atoms with E-state index in [0.29, 0.717) is 6.54 Å². The highest BCUT2D eigenvalue weighted by molar-refractivity contribution is 7.13. The molecule has 0 saturated carbocycles. The summed E-state index contributed by atoms with van der Waals surface area (Å²) < 4.78 is 9.98. The number of ether oxygens (including phenoxy) is 1. The molecule has 0 N–H and O–H groups in total. The van der Waals surface area contributed by atoms with Gasteiger partial charge in [-0.05, 0) is 43.8 Å². The third kappa shape index (κ3) is 4.06. The van der Waals surface area contributed by atoms with Gasteiger partial charge in [-0.1, -0.05) is 40.5 Å². The number of carbonyl (C=O) groups excluding carboxylic acids is 1. The molecule has 0 atom stereocenters. The van der Waals surface area contributed by atoms with Crippen molar-refractivity contribution in [3.63, 3.8) is 0 Å². The zero-order valence-electron chi connectivity index (χ0n) is 15.1. The Hall–Kier alpha value is -1.95. The van der Waals surface area contributed by atoms with Crippen LogP contribution >= 0.6 is 22.9 Å². The summed E-state index contributed by atoms with van der Waals surface area (Å²) in [6.45, 7) is 6.02. The minimum absolute atomic E-state index is 0.000732. The number of Topliss-reactive ketones (excluding diaryl/α,β-unsaturated/α-hetero) is 1. The molecule has 6 heteroatoms. The first-order chi connectivity index (χ1) is 12.4. The monoisotopic (exact) mass is 389 g/mol. The Balaban J connectivity index is 1.95. The first kappa shape index (κ1) is 18.8. The number of carbonyl (C=O) groups is 1. The van der Waals surface area contributed by atoms with Gasteiger partial charge < -0.3 is 4.74 Å². The first-order valence-electron chi connectivity index (χ1n) is 8.40. The van der Waals surface area contributed by atoms with Crippen LogP contribution < -0.4 is 4.68 Å². The third-order valence-corrected chi connectivity index (χ3v) is 5.71. The molecule has 2 heterocycles. The van der Waals surface area contributed by atoms with E-state index in [1.807, 2.05) is 41.2 Å². The van der Waals surface area contributed by atoms with Crippen molar-refractivity contribution in [2.45, 2.75) is 39.6 Å². The summed E-state index contributed by atoms with van der Waals surface area (Å²) in [5.74, 6) is 0.000732. The Bertz CT molecular complexity index is 900. The van der Waals surface area contributed by atoms with E-state index in [4.69, 9.17) is 16.3 Å². The van der Waals surface area contributed by atoms with Crippen LogP contribution in [0.1, 0.15) is 26.3 Å². The largest absolute Gasteiger partial charge is 0.307 e. The van der Waals surface area contributed by atoms with Gasteiger partial charge in [0, 0.05) is 11.1 Å². The van der Waals surface area contributed by atoms with Gasteiger partial charge in [0.15, 0.2) is 12.0 Å². The highest BCUT2D eigenvalue weighted by atomic mass is 35.5. The minimum atomic E-state index is -0.824. The maximum Gasteiger partial charge on any atom is 0.277 e. The normalized spacial score (nSPS) is 11.7. The van der Waals surface area contributed by atoms with Gasteiger partial charge in [-0.3, -0.25) is 4.79 Å². The van der Waals surface area contributed by atoms with Crippen LogP contribution in [0.25, 0.3) is 10.6 Å². The Morgan fingerprint density at radius 3 is 2.65 bits per heavy atom. The summed E-state index contributed by atoms with van der Waals surface area (Å²) in [7, 11) is 0. The maximum atomic E-state index is 11.7. The van der Waals surface area contributed by atoms with Crippen molar-refractivity contribution in [2.75, 3.05) is 0 Å². The van der Waals surface area contributed by atoms with Crippen LogP contribution in [0.3, 0.4) is 0 Å². The predicted molar refractivity (Wildman–Crippen MR) is 104 cm³/mol. The lowest BCUT2D eigenvalue weighted by Crippen LogP contribution is -2.48. The summed E-state index contributed by atoms with van der Waals surface area (Å²) >= 11 is 8.05. The van der Waals surface area contributed by atoms with Crippen LogP contribution in [-0.4, -0.2) is 16.1 Å². The van der Waals surface area contributed by atoms with Gasteiger partial charge in [0.1, 0.15) is 17.8 Å². The Morgan fingerprint density at radius 2 is 2.00 bits per heavy atom. The first-order valence-corrected chi connectivity index (χ1v) is 9.66. The summed E-state index contributed by atoms with van der Waals surface area (Å²) in [5.41, 5.74) is 1.29. The maximum absolute atomic E-state index is 11.7. The van der Waals surface area contributed by atoms with E-state index in [2.05, 4.69) is 22.2 Å². The zero-order valence-corrected chi connectivity index (χ0v) is 16.7. The Labute approximate surface area is 162 Å². The molecule has 0 spiro atoms. The van der Waals surface area contributed by atoms with Crippen molar-refractivity contribution in [2.24, 2.45) is 0 Å². The number of thiophene rings is 1. The lowest BCUT2D eigenvalue weighted by molar-refractivity contribution is -0.805. The molecule has 0 aliphatic carbocycles. The molecular formula is C20H22ClN2O2S+. The fourth-order valence-corrected chi connectivity index (χ4v) is 3.45. The van der Waals surface area contributed by atoms with Crippen molar-refractivity contribution >= 4 is 28.7 Å². The SMILES string of the molecule is CC(=O)C(C)(C)OC[n+]1ccc(-c2cccs2)n1Cc1ccccc1Cl. The lowest BCUT2D eigenvalue weighted by Gasteiger charge is -2.19. The molecule has 0 amide bonds. The molecule has 0 bridgehead atoms. The second-order valence-electron chi connectivity index (χ2n) is 6.61. The van der Waals surface area contributed by atoms with Gasteiger partial charge in [0.25, 0.3) is 6.73 Å². The highest BCUT2D eigenvalue weighted by Gasteiger charge is 2.28. The van der Waals surface area contributed by atoms with Crippen molar-refractivity contribution < 1.29 is 14.2 Å². The average molecular weight is 390 g/mol. The molecule has 0 saturated heterocycles. The van der Waals surface area contributed by atoms with E-state index in [-0.39, 0.29) is 12.5 Å². The van der Waals surface area contributed by atoms with Gasteiger partial charge in [0.2, 0.25) is 0 Å². The smallest absolute Gasteiger partial charge is 0.277 e. The van der Waals surface area contributed by atoms with Crippen LogP contribution in [0.15, 0.2) is 54.0 Å². The van der Waals surface area contributed by atoms with E-state index >= 15 is 0 Å². The molecule has 1 aromatic carbocycles. The van der Waals surface area contributed by atoms with Gasteiger partial charge >= 0.3 is 0 Å². The average Bonchev–Trinajstić information content (AvgIpc) is 3.24. The van der Waals surface area contributed by atoms with E-state index in [9.17, 15) is 4.79 Å². The highest BCUT2D eigenvalue weighted by Crippen LogP contribution is 2.25. The molecule has 0 fully saturated rings. The Morgan fingerprint density at radius 1 is 1.23 bits per heavy atom. The molecule has 4 nitrogen and oxygen atoms in total. The summed E-state index contributed by atoms with van der Waals surface area (Å²) in [6.07, 6.45) is 1.97. The van der Waals surface area contributed by atoms with Crippen LogP contribution in [0.2, 0.25) is 5.02 Å². The van der Waals surface area contributed by atoms with E-state index in [1.165, 1.54) is 4.88 Å². The van der Waals surface area contributed by atoms with Crippen molar-refractivity contribution in [3.8, 4) is 10.6 Å². The fourth-order valence-electron chi connectivity index (χ4n) is 2.50. The zero-order chi connectivity index (χ0) is 18.7. The number of ketones is 1. The molecule has 26 heavy (non-hydrogen) atoms. The van der Waals surface area contributed by atoms with E-state index < -0.39 is 5.60 Å². The molecule has 0 unspecified atom stereocenters. The van der Waals surface area contributed by atoms with Crippen LogP contribution in [0, 0.1) is 0 Å². The van der Waals surface area contributed by atoms with Gasteiger partial charge in [-0.15, -0.1) is 16.0 Å². The number of aromatic nitrogens is 2. The molecule has 0 aliphatic heterocycles. The second-order valence-corrected chi connectivity index (χ2v) is 7.96. The fraction of sp³-hybridized carbons (Fsp3) is 0.300. The molecule has 3 aromatic rings. The second kappa shape index (κ2) is 7.74. The molecule has 0 aliphatic rings. The van der Waals surface area contributed by atoms with Crippen molar-refractivity contribution in [1.29, 1.82) is 0 Å². The molecule has 0 radical (unpaired) electrons. The minimum Gasteiger partial charge on any atom is -0.307 e. The summed E-state index contributed by atoms with van der Waals surface area (Å²) in [6, 6.07) is 14.0. The van der Waals surface area contributed by atoms with E-state index in [0.717, 1.165) is 16.3 Å². The Kier molecular flexibility index (Phi) is 5.61. The van der Waals surface area contributed by atoms with E-state index in [1.54, 1.807) is 32.1 Å². The van der Waals surface area contributed by atoms with Gasteiger partial charge in [0.05, 0.1) is 4.88 Å². The molecule has 3 rings (SSSR count). The van der Waals surface area contributed by atoms with Gasteiger partial charge in [-0.2, -0.15) is 0 Å². The number of benzene rings is 1. The molecule has 2 aromatic heterocycles. The summed E-state index contributed by atoms with van der Waals surface area (Å²) in [5, 5.41) is 2.79. The van der Waals surface area contributed by atoms with Crippen LogP contribution in [0.4, 0.5) is 0 Å². The van der Waals surface area contributed by atoms with Crippen molar-refractivity contribution in [3.05, 3.63) is 64.6 Å². The number of hydrogen-bond acceptors (Lipinski definition) is 3. The van der Waals surface area contributed by atoms with Crippen LogP contribution in [0.5, 0.6) is 0 Å². The van der Waals surface area contributed by atoms with Gasteiger partial charge in [-0.25, -0.2) is 0 Å². The molecule has 136 valence electrons. The number of nitrogens with zero attached hydrogens (tertiary/aromatic N) is 2. The van der Waals surface area contributed by atoms with Crippen LogP contribution in [-0.2, 0) is 22.8 Å². The number of halogens is 1. The lowest BCUT2D eigenvalue weighted by atomic mass is 10.1. The standard InChI is InChI=1S/C20H22ClN2O2S/c1-15(24)20(2,3)25-14-22-11-10-18(19-9-6-12-26-19)23(22)13-16-7-4-5-8-17(16)21/h4-12H,13-14H2,1-3H3/q+1. The number of rotatable bonds is 7. The summed E-state index contributed by atoms with van der Waals surface area (Å²) in [4.78, 5) is 12.9.